The molecule has 1 aliphatic heterocycles. The molecule has 160 valence electrons. The maximum absolute atomic E-state index is 12.0. The number of thiazole rings is 1. The van der Waals surface area contributed by atoms with Crippen LogP contribution in [-0.2, 0) is 27.1 Å². The summed E-state index contributed by atoms with van der Waals surface area (Å²) in [7, 11) is 0. The number of ether oxygens (including phenoxy) is 2. The predicted octanol–water partition coefficient (Wildman–Crippen LogP) is 4.83. The summed E-state index contributed by atoms with van der Waals surface area (Å²) in [6.45, 7) is 6.63. The molecule has 0 N–H and O–H groups in total. The fourth-order valence-corrected chi connectivity index (χ4v) is 5.62. The van der Waals surface area contributed by atoms with Crippen molar-refractivity contribution in [3.8, 4) is 0 Å². The van der Waals surface area contributed by atoms with E-state index in [1.54, 1.807) is 11.3 Å². The van der Waals surface area contributed by atoms with E-state index >= 15 is 0 Å². The van der Waals surface area contributed by atoms with Gasteiger partial charge in [-0.15, -0.1) is 11.3 Å². The first-order valence-electron chi connectivity index (χ1n) is 10.6. The fourth-order valence-electron chi connectivity index (χ4n) is 3.71. The zero-order chi connectivity index (χ0) is 20.9. The molecule has 0 bridgehead atoms. The summed E-state index contributed by atoms with van der Waals surface area (Å²) in [6.07, 6.45) is 2.74. The minimum Gasteiger partial charge on any atom is -0.494 e. The summed E-state index contributed by atoms with van der Waals surface area (Å²) < 4.78 is 11.8. The van der Waals surface area contributed by atoms with Crippen LogP contribution in [0.4, 0.5) is 5.13 Å². The molecule has 5 nitrogen and oxygen atoms in total. The van der Waals surface area contributed by atoms with Gasteiger partial charge < -0.3 is 14.4 Å². The molecule has 0 amide bonds. The third kappa shape index (κ3) is 4.83. The standard InChI is InChI=1S/C23H28N2O3S2/c1-3-21(26)28-22-18-7-5-4-6-17(18)8-9-20(22)27-13-10-19-16(2)30-23(24-19)25-11-14-29-15-12-25/h4-7H,3,8-15H2,1-2H3. The molecule has 1 aromatic heterocycles. The number of benzene rings is 1. The smallest absolute Gasteiger partial charge is 0.311 e. The summed E-state index contributed by atoms with van der Waals surface area (Å²) in [5.74, 6) is 3.47. The second-order valence-corrected chi connectivity index (χ2v) is 9.84. The number of fused-ring (bicyclic) bond motifs is 1. The Morgan fingerprint density at radius 1 is 1.20 bits per heavy atom. The first-order chi connectivity index (χ1) is 14.7. The van der Waals surface area contributed by atoms with Crippen molar-refractivity contribution in [3.05, 3.63) is 51.7 Å². The van der Waals surface area contributed by atoms with Gasteiger partial charge in [0.2, 0.25) is 0 Å². The fraction of sp³-hybridized carbons (Fsp3) is 0.478. The minimum atomic E-state index is -0.234. The van der Waals surface area contributed by atoms with Crippen LogP contribution in [0.15, 0.2) is 30.0 Å². The van der Waals surface area contributed by atoms with Crippen molar-refractivity contribution in [2.45, 2.75) is 39.5 Å². The van der Waals surface area contributed by atoms with Gasteiger partial charge in [-0.05, 0) is 18.9 Å². The number of hydrogen-bond donors (Lipinski definition) is 0. The summed E-state index contributed by atoms with van der Waals surface area (Å²) in [5, 5.41) is 1.13. The first-order valence-corrected chi connectivity index (χ1v) is 12.6. The molecule has 0 spiro atoms. The Morgan fingerprint density at radius 3 is 2.80 bits per heavy atom. The van der Waals surface area contributed by atoms with Crippen LogP contribution in [-0.4, -0.2) is 42.2 Å². The summed E-state index contributed by atoms with van der Waals surface area (Å²) in [5.41, 5.74) is 3.27. The van der Waals surface area contributed by atoms with Gasteiger partial charge in [-0.1, -0.05) is 31.2 Å². The van der Waals surface area contributed by atoms with Crippen LogP contribution in [0, 0.1) is 6.92 Å². The number of esters is 1. The monoisotopic (exact) mass is 444 g/mol. The quantitative estimate of drug-likeness (QED) is 0.570. The van der Waals surface area contributed by atoms with E-state index in [4.69, 9.17) is 14.5 Å². The van der Waals surface area contributed by atoms with Gasteiger partial charge in [-0.25, -0.2) is 4.98 Å². The Kier molecular flexibility index (Phi) is 7.00. The van der Waals surface area contributed by atoms with Crippen LogP contribution in [0.5, 0.6) is 0 Å². The minimum absolute atomic E-state index is 0.234. The number of aryl methyl sites for hydroxylation is 2. The number of rotatable bonds is 7. The lowest BCUT2D eigenvalue weighted by Crippen LogP contribution is -2.32. The van der Waals surface area contributed by atoms with Crippen LogP contribution in [0.2, 0.25) is 0 Å². The van der Waals surface area contributed by atoms with Crippen molar-refractivity contribution in [1.82, 2.24) is 4.98 Å². The molecular weight excluding hydrogens is 416 g/mol. The predicted molar refractivity (Wildman–Crippen MR) is 124 cm³/mol. The highest BCUT2D eigenvalue weighted by Crippen LogP contribution is 2.33. The van der Waals surface area contributed by atoms with Gasteiger partial charge >= 0.3 is 5.97 Å². The van der Waals surface area contributed by atoms with Crippen molar-refractivity contribution in [2.24, 2.45) is 0 Å². The van der Waals surface area contributed by atoms with E-state index in [-0.39, 0.29) is 5.97 Å². The van der Waals surface area contributed by atoms with Crippen LogP contribution < -0.4 is 4.90 Å². The van der Waals surface area contributed by atoms with E-state index in [0.29, 0.717) is 18.8 Å². The number of carbonyl (C=O) groups is 1. The van der Waals surface area contributed by atoms with E-state index < -0.39 is 0 Å². The number of nitrogens with zero attached hydrogens (tertiary/aromatic N) is 2. The number of thioether (sulfide) groups is 1. The molecule has 0 unspecified atom stereocenters. The van der Waals surface area contributed by atoms with Gasteiger partial charge in [0.25, 0.3) is 0 Å². The average Bonchev–Trinajstić information content (AvgIpc) is 3.16. The molecule has 0 saturated carbocycles. The number of aromatic nitrogens is 1. The summed E-state index contributed by atoms with van der Waals surface area (Å²) in [6, 6.07) is 8.09. The van der Waals surface area contributed by atoms with E-state index in [9.17, 15) is 4.79 Å². The molecule has 30 heavy (non-hydrogen) atoms. The molecule has 2 aromatic rings. The highest BCUT2D eigenvalue weighted by atomic mass is 32.2. The molecule has 1 saturated heterocycles. The Labute approximate surface area is 186 Å². The maximum Gasteiger partial charge on any atom is 0.311 e. The van der Waals surface area contributed by atoms with E-state index in [1.165, 1.54) is 21.9 Å². The van der Waals surface area contributed by atoms with Crippen LogP contribution in [0.25, 0.3) is 5.76 Å². The average molecular weight is 445 g/mol. The molecule has 1 aromatic carbocycles. The van der Waals surface area contributed by atoms with Gasteiger partial charge in [-0.3, -0.25) is 4.79 Å². The normalized spacial score (nSPS) is 16.4. The van der Waals surface area contributed by atoms with Crippen molar-refractivity contribution in [2.75, 3.05) is 36.1 Å². The number of anilines is 1. The Hall–Kier alpha value is -1.99. The van der Waals surface area contributed by atoms with E-state index in [1.807, 2.05) is 36.9 Å². The zero-order valence-corrected chi connectivity index (χ0v) is 19.2. The van der Waals surface area contributed by atoms with Crippen LogP contribution in [0.3, 0.4) is 0 Å². The Morgan fingerprint density at radius 2 is 2.00 bits per heavy atom. The van der Waals surface area contributed by atoms with Crippen LogP contribution >= 0.6 is 23.1 Å². The molecular formula is C23H28N2O3S2. The molecule has 0 radical (unpaired) electrons. The SMILES string of the molecule is CCC(=O)OC1=C(OCCc2nc(N3CCSCC3)sc2C)CCc2ccccc21. The van der Waals surface area contributed by atoms with E-state index in [0.717, 1.165) is 54.5 Å². The molecule has 7 heteroatoms. The van der Waals surface area contributed by atoms with Crippen molar-refractivity contribution >= 4 is 40.0 Å². The van der Waals surface area contributed by atoms with Gasteiger partial charge in [0, 0.05) is 54.3 Å². The second kappa shape index (κ2) is 9.88. The van der Waals surface area contributed by atoms with Gasteiger partial charge in [0.05, 0.1) is 12.3 Å². The highest BCUT2D eigenvalue weighted by Gasteiger charge is 2.24. The summed E-state index contributed by atoms with van der Waals surface area (Å²) in [4.78, 5) is 20.5. The summed E-state index contributed by atoms with van der Waals surface area (Å²) >= 11 is 3.79. The topological polar surface area (TPSA) is 51.7 Å². The van der Waals surface area contributed by atoms with Crippen molar-refractivity contribution < 1.29 is 14.3 Å². The largest absolute Gasteiger partial charge is 0.494 e. The number of hydrogen-bond acceptors (Lipinski definition) is 7. The van der Waals surface area contributed by atoms with Gasteiger partial charge in [-0.2, -0.15) is 11.8 Å². The first kappa shape index (κ1) is 21.2. The number of allylic oxidation sites excluding steroid dienone is 1. The molecule has 4 rings (SSSR count). The van der Waals surface area contributed by atoms with Crippen molar-refractivity contribution in [1.29, 1.82) is 0 Å². The third-order valence-corrected chi connectivity index (χ3v) is 7.44. The zero-order valence-electron chi connectivity index (χ0n) is 17.6. The molecule has 1 fully saturated rings. The molecule has 0 atom stereocenters. The number of carbonyl (C=O) groups excluding carboxylic acids is 1. The van der Waals surface area contributed by atoms with Crippen LogP contribution in [0.1, 0.15) is 41.5 Å². The van der Waals surface area contributed by atoms with E-state index in [2.05, 4.69) is 17.9 Å². The molecule has 2 heterocycles. The van der Waals surface area contributed by atoms with Gasteiger partial charge in [0.1, 0.15) is 5.76 Å². The van der Waals surface area contributed by atoms with Crippen molar-refractivity contribution in [3.63, 3.8) is 0 Å². The molecule has 2 aliphatic rings. The Balaban J connectivity index is 1.45. The lowest BCUT2D eigenvalue weighted by atomic mass is 9.94. The molecule has 1 aliphatic carbocycles. The second-order valence-electron chi connectivity index (χ2n) is 7.43. The maximum atomic E-state index is 12.0. The lowest BCUT2D eigenvalue weighted by molar-refractivity contribution is -0.136. The van der Waals surface area contributed by atoms with Gasteiger partial charge in [0.15, 0.2) is 10.9 Å². The lowest BCUT2D eigenvalue weighted by Gasteiger charge is -2.25. The highest BCUT2D eigenvalue weighted by molar-refractivity contribution is 7.99. The third-order valence-electron chi connectivity index (χ3n) is 5.42. The Bertz CT molecular complexity index is 932.